The number of benzene rings is 3. The molecule has 0 spiro atoms. The van der Waals surface area contributed by atoms with Crippen LogP contribution in [-0.2, 0) is 32.6 Å². The van der Waals surface area contributed by atoms with Crippen molar-refractivity contribution in [2.45, 2.75) is 58.0 Å². The number of aryl methyl sites for hydroxylation is 3. The summed E-state index contributed by atoms with van der Waals surface area (Å²) < 4.78 is 29.2. The lowest BCUT2D eigenvalue weighted by molar-refractivity contribution is -0.140. The summed E-state index contributed by atoms with van der Waals surface area (Å²) in [5.74, 6) is -0.748. The maximum absolute atomic E-state index is 14.0. The number of amides is 2. The van der Waals surface area contributed by atoms with Gasteiger partial charge in [-0.25, -0.2) is 8.42 Å². The SMILES string of the molecule is CCc1ccccc1N(CC(=O)N(Cc1ccccc1C)[C@@H](CC)C(=O)NC)S(=O)(=O)c1ccc(C)cc1. The van der Waals surface area contributed by atoms with E-state index >= 15 is 0 Å². The van der Waals surface area contributed by atoms with Gasteiger partial charge in [0, 0.05) is 13.6 Å². The maximum Gasteiger partial charge on any atom is 0.264 e. The van der Waals surface area contributed by atoms with Crippen LogP contribution in [0, 0.1) is 13.8 Å². The van der Waals surface area contributed by atoms with E-state index in [4.69, 9.17) is 0 Å². The Labute approximate surface area is 226 Å². The van der Waals surface area contributed by atoms with Crippen LogP contribution in [0.3, 0.4) is 0 Å². The molecule has 0 aromatic heterocycles. The molecule has 2 amide bonds. The third kappa shape index (κ3) is 6.42. The number of nitrogens with zero attached hydrogens (tertiary/aromatic N) is 2. The summed E-state index contributed by atoms with van der Waals surface area (Å²) in [6, 6.07) is 20.7. The molecule has 38 heavy (non-hydrogen) atoms. The molecule has 8 heteroatoms. The number of hydrogen-bond donors (Lipinski definition) is 1. The van der Waals surface area contributed by atoms with Gasteiger partial charge in [-0.2, -0.15) is 0 Å². The molecular formula is C30H37N3O4S. The monoisotopic (exact) mass is 535 g/mol. The molecule has 0 saturated heterocycles. The molecule has 202 valence electrons. The summed E-state index contributed by atoms with van der Waals surface area (Å²) >= 11 is 0. The average Bonchev–Trinajstić information content (AvgIpc) is 2.92. The normalized spacial score (nSPS) is 12.0. The molecule has 0 bridgehead atoms. The van der Waals surface area contributed by atoms with Crippen LogP contribution in [0.4, 0.5) is 5.69 Å². The van der Waals surface area contributed by atoms with Crippen LogP contribution in [0.1, 0.15) is 42.5 Å². The lowest BCUT2D eigenvalue weighted by Gasteiger charge is -2.33. The number of sulfonamides is 1. The minimum Gasteiger partial charge on any atom is -0.357 e. The molecule has 0 radical (unpaired) electrons. The molecule has 1 atom stereocenters. The number of carbonyl (C=O) groups is 2. The number of para-hydroxylation sites is 1. The highest BCUT2D eigenvalue weighted by atomic mass is 32.2. The first-order valence-corrected chi connectivity index (χ1v) is 14.3. The first-order chi connectivity index (χ1) is 18.1. The van der Waals surface area contributed by atoms with Crippen LogP contribution in [0.5, 0.6) is 0 Å². The first-order valence-electron chi connectivity index (χ1n) is 12.9. The zero-order valence-corrected chi connectivity index (χ0v) is 23.6. The molecular weight excluding hydrogens is 498 g/mol. The fraction of sp³-hybridized carbons (Fsp3) is 0.333. The Kier molecular flexibility index (Phi) is 9.69. The topological polar surface area (TPSA) is 86.8 Å². The van der Waals surface area contributed by atoms with E-state index in [1.54, 1.807) is 36.4 Å². The van der Waals surface area contributed by atoms with Crippen molar-refractivity contribution in [1.82, 2.24) is 10.2 Å². The highest BCUT2D eigenvalue weighted by Gasteiger charge is 2.34. The second kappa shape index (κ2) is 12.7. The third-order valence-corrected chi connectivity index (χ3v) is 8.54. The zero-order chi connectivity index (χ0) is 27.9. The minimum absolute atomic E-state index is 0.102. The van der Waals surface area contributed by atoms with Crippen molar-refractivity contribution in [3.63, 3.8) is 0 Å². The number of carbonyl (C=O) groups excluding carboxylic acids is 2. The molecule has 7 nitrogen and oxygen atoms in total. The number of anilines is 1. The first kappa shape index (κ1) is 28.9. The van der Waals surface area contributed by atoms with E-state index in [1.807, 2.05) is 64.1 Å². The molecule has 0 fully saturated rings. The van der Waals surface area contributed by atoms with Crippen molar-refractivity contribution in [2.75, 3.05) is 17.9 Å². The third-order valence-electron chi connectivity index (χ3n) is 6.76. The van der Waals surface area contributed by atoms with Gasteiger partial charge in [-0.1, -0.05) is 74.0 Å². The Balaban J connectivity index is 2.11. The van der Waals surface area contributed by atoms with Crippen molar-refractivity contribution >= 4 is 27.5 Å². The van der Waals surface area contributed by atoms with E-state index < -0.39 is 28.5 Å². The minimum atomic E-state index is -4.09. The molecule has 3 aromatic carbocycles. The van der Waals surface area contributed by atoms with Gasteiger partial charge < -0.3 is 10.2 Å². The molecule has 1 N–H and O–H groups in total. The Morgan fingerprint density at radius 3 is 2.05 bits per heavy atom. The molecule has 0 aliphatic rings. The van der Waals surface area contributed by atoms with Crippen LogP contribution >= 0.6 is 0 Å². The van der Waals surface area contributed by atoms with Crippen molar-refractivity contribution < 1.29 is 18.0 Å². The number of rotatable bonds is 11. The van der Waals surface area contributed by atoms with E-state index in [2.05, 4.69) is 5.32 Å². The predicted molar refractivity (Wildman–Crippen MR) is 151 cm³/mol. The summed E-state index contributed by atoms with van der Waals surface area (Å²) in [4.78, 5) is 28.5. The molecule has 0 saturated carbocycles. The molecule has 0 unspecified atom stereocenters. The zero-order valence-electron chi connectivity index (χ0n) is 22.8. The summed E-state index contributed by atoms with van der Waals surface area (Å²) in [6.45, 7) is 7.37. The van der Waals surface area contributed by atoms with Gasteiger partial charge in [0.1, 0.15) is 12.6 Å². The number of likely N-dealkylation sites (N-methyl/N-ethyl adjacent to an activating group) is 1. The Bertz CT molecular complexity index is 1370. The van der Waals surface area contributed by atoms with Crippen LogP contribution in [0.2, 0.25) is 0 Å². The fourth-order valence-electron chi connectivity index (χ4n) is 4.46. The molecule has 0 heterocycles. The molecule has 0 aliphatic carbocycles. The molecule has 0 aliphatic heterocycles. The maximum atomic E-state index is 14.0. The Morgan fingerprint density at radius 2 is 1.47 bits per heavy atom. The van der Waals surface area contributed by atoms with Crippen LogP contribution in [-0.4, -0.2) is 44.8 Å². The van der Waals surface area contributed by atoms with E-state index in [9.17, 15) is 18.0 Å². The largest absolute Gasteiger partial charge is 0.357 e. The summed E-state index contributed by atoms with van der Waals surface area (Å²) in [6.07, 6.45) is 0.973. The van der Waals surface area contributed by atoms with Gasteiger partial charge in [-0.05, 0) is 61.6 Å². The van der Waals surface area contributed by atoms with Gasteiger partial charge in [-0.15, -0.1) is 0 Å². The summed E-state index contributed by atoms with van der Waals surface area (Å²) in [7, 11) is -2.55. The number of nitrogens with one attached hydrogen (secondary N) is 1. The molecule has 3 aromatic rings. The van der Waals surface area contributed by atoms with Gasteiger partial charge in [-0.3, -0.25) is 13.9 Å². The van der Waals surface area contributed by atoms with E-state index in [0.29, 0.717) is 18.5 Å². The lowest BCUT2D eigenvalue weighted by atomic mass is 10.1. The second-order valence-electron chi connectivity index (χ2n) is 9.29. The van der Waals surface area contributed by atoms with Crippen molar-refractivity contribution in [2.24, 2.45) is 0 Å². The highest BCUT2D eigenvalue weighted by molar-refractivity contribution is 7.92. The van der Waals surface area contributed by atoms with Gasteiger partial charge >= 0.3 is 0 Å². The van der Waals surface area contributed by atoms with Gasteiger partial charge in [0.25, 0.3) is 10.0 Å². The van der Waals surface area contributed by atoms with E-state index in [-0.39, 0.29) is 17.3 Å². The van der Waals surface area contributed by atoms with Gasteiger partial charge in [0.2, 0.25) is 11.8 Å². The lowest BCUT2D eigenvalue weighted by Crippen LogP contribution is -2.52. The fourth-order valence-corrected chi connectivity index (χ4v) is 5.91. The molecule has 3 rings (SSSR count). The quantitative estimate of drug-likeness (QED) is 0.388. The number of hydrogen-bond acceptors (Lipinski definition) is 4. The van der Waals surface area contributed by atoms with Crippen LogP contribution in [0.15, 0.2) is 77.7 Å². The average molecular weight is 536 g/mol. The van der Waals surface area contributed by atoms with E-state index in [0.717, 1.165) is 22.3 Å². The second-order valence-corrected chi connectivity index (χ2v) is 11.2. The van der Waals surface area contributed by atoms with Gasteiger partial charge in [0.05, 0.1) is 10.6 Å². The Morgan fingerprint density at radius 1 is 0.868 bits per heavy atom. The van der Waals surface area contributed by atoms with Crippen molar-refractivity contribution in [3.8, 4) is 0 Å². The summed E-state index contributed by atoms with van der Waals surface area (Å²) in [5, 5.41) is 2.65. The van der Waals surface area contributed by atoms with Crippen molar-refractivity contribution in [1.29, 1.82) is 0 Å². The van der Waals surface area contributed by atoms with Crippen LogP contribution < -0.4 is 9.62 Å². The highest BCUT2D eigenvalue weighted by Crippen LogP contribution is 2.28. The predicted octanol–water partition coefficient (Wildman–Crippen LogP) is 4.61. The van der Waals surface area contributed by atoms with E-state index in [1.165, 1.54) is 16.3 Å². The van der Waals surface area contributed by atoms with Crippen molar-refractivity contribution in [3.05, 3.63) is 95.1 Å². The van der Waals surface area contributed by atoms with Crippen LogP contribution in [0.25, 0.3) is 0 Å². The standard InChI is InChI=1S/C30H37N3O4S/c1-6-24-13-10-11-15-28(24)33(38(36,37)26-18-16-22(3)17-19-26)21-29(34)32(27(7-2)30(35)31-5)20-25-14-9-8-12-23(25)4/h8-19,27H,6-7,20-21H2,1-5H3,(H,31,35)/t27-/m0/s1. The Hall–Kier alpha value is -3.65. The smallest absolute Gasteiger partial charge is 0.264 e. The summed E-state index contributed by atoms with van der Waals surface area (Å²) in [5.41, 5.74) is 4.07. The van der Waals surface area contributed by atoms with Gasteiger partial charge in [0.15, 0.2) is 0 Å².